The van der Waals surface area contributed by atoms with Crippen LogP contribution in [0.25, 0.3) is 0 Å². The fourth-order valence-electron chi connectivity index (χ4n) is 2.59. The van der Waals surface area contributed by atoms with Crippen molar-refractivity contribution >= 4 is 32.4 Å². The summed E-state index contributed by atoms with van der Waals surface area (Å²) in [6, 6.07) is 13.9. The monoisotopic (exact) mass is 446 g/mol. The van der Waals surface area contributed by atoms with Gasteiger partial charge in [0.2, 0.25) is 21.1 Å². The molecule has 0 aliphatic heterocycles. The van der Waals surface area contributed by atoms with E-state index in [9.17, 15) is 13.2 Å². The zero-order chi connectivity index (χ0) is 21.6. The van der Waals surface area contributed by atoms with Gasteiger partial charge in [0.05, 0.1) is 18.4 Å². The largest absolute Gasteiger partial charge is 0.497 e. The Kier molecular flexibility index (Phi) is 7.14. The fourth-order valence-corrected chi connectivity index (χ4v) is 4.38. The molecule has 1 amide bonds. The predicted molar refractivity (Wildman–Crippen MR) is 115 cm³/mol. The van der Waals surface area contributed by atoms with Crippen LogP contribution in [-0.2, 0) is 27.7 Å². The molecule has 3 rings (SSSR count). The van der Waals surface area contributed by atoms with Crippen LogP contribution in [0.3, 0.4) is 0 Å². The van der Waals surface area contributed by atoms with E-state index in [2.05, 4.69) is 20.2 Å². The number of carbonyl (C=O) groups is 1. The van der Waals surface area contributed by atoms with Crippen molar-refractivity contribution in [2.24, 2.45) is 0 Å². The van der Waals surface area contributed by atoms with Gasteiger partial charge in [0.1, 0.15) is 10.8 Å². The average molecular weight is 447 g/mol. The summed E-state index contributed by atoms with van der Waals surface area (Å²) in [6.45, 7) is 2.08. The highest BCUT2D eigenvalue weighted by molar-refractivity contribution is 7.89. The normalized spacial score (nSPS) is 11.3. The van der Waals surface area contributed by atoms with E-state index in [-0.39, 0.29) is 23.8 Å². The van der Waals surface area contributed by atoms with Gasteiger partial charge in [-0.25, -0.2) is 13.1 Å². The van der Waals surface area contributed by atoms with Crippen LogP contribution in [0.15, 0.2) is 53.4 Å². The number of hydrogen-bond acceptors (Lipinski definition) is 7. The molecule has 2 aromatic carbocycles. The van der Waals surface area contributed by atoms with Gasteiger partial charge in [0.15, 0.2) is 0 Å². The van der Waals surface area contributed by atoms with Crippen LogP contribution in [0, 0.1) is 6.92 Å². The SMILES string of the molecule is COc1ccc(CC(=O)Nc2nnc(CCNS(=O)(=O)c3ccc(C)cc3)s2)cc1. The summed E-state index contributed by atoms with van der Waals surface area (Å²) in [6.07, 6.45) is 0.576. The molecule has 30 heavy (non-hydrogen) atoms. The van der Waals surface area contributed by atoms with Crippen LogP contribution in [0.4, 0.5) is 5.13 Å². The average Bonchev–Trinajstić information content (AvgIpc) is 3.15. The van der Waals surface area contributed by atoms with E-state index >= 15 is 0 Å². The Morgan fingerprint density at radius 3 is 2.43 bits per heavy atom. The lowest BCUT2D eigenvalue weighted by atomic mass is 10.1. The molecule has 8 nitrogen and oxygen atoms in total. The summed E-state index contributed by atoms with van der Waals surface area (Å²) in [5, 5.41) is 11.7. The van der Waals surface area contributed by atoms with E-state index in [1.54, 1.807) is 43.5 Å². The number of hydrogen-bond donors (Lipinski definition) is 2. The molecule has 0 spiro atoms. The minimum atomic E-state index is -3.57. The first-order valence-corrected chi connectivity index (χ1v) is 11.5. The molecule has 0 saturated heterocycles. The van der Waals surface area contributed by atoms with Crippen LogP contribution >= 0.6 is 11.3 Å². The molecule has 3 aromatic rings. The van der Waals surface area contributed by atoms with Crippen molar-refractivity contribution in [3.63, 3.8) is 0 Å². The van der Waals surface area contributed by atoms with E-state index in [4.69, 9.17) is 4.74 Å². The van der Waals surface area contributed by atoms with Crippen molar-refractivity contribution in [1.29, 1.82) is 0 Å². The number of methoxy groups -OCH3 is 1. The number of nitrogens with zero attached hydrogens (tertiary/aromatic N) is 2. The smallest absolute Gasteiger partial charge is 0.240 e. The van der Waals surface area contributed by atoms with Crippen molar-refractivity contribution < 1.29 is 17.9 Å². The number of sulfonamides is 1. The van der Waals surface area contributed by atoms with E-state index in [0.29, 0.717) is 16.6 Å². The maximum atomic E-state index is 12.3. The Hall–Kier alpha value is -2.82. The summed E-state index contributed by atoms with van der Waals surface area (Å²) in [5.74, 6) is 0.522. The minimum Gasteiger partial charge on any atom is -0.497 e. The molecule has 0 radical (unpaired) electrons. The molecular weight excluding hydrogens is 424 g/mol. The number of aromatic nitrogens is 2. The molecule has 0 aliphatic carbocycles. The summed E-state index contributed by atoms with van der Waals surface area (Å²) >= 11 is 1.22. The Bertz CT molecular complexity index is 1090. The molecule has 1 heterocycles. The molecule has 158 valence electrons. The van der Waals surface area contributed by atoms with E-state index in [1.165, 1.54) is 11.3 Å². The number of anilines is 1. The number of carbonyl (C=O) groups excluding carboxylic acids is 1. The maximum Gasteiger partial charge on any atom is 0.240 e. The molecule has 0 bridgehead atoms. The standard InChI is InChI=1S/C20H22N4O4S2/c1-14-3-9-17(10-4-14)30(26,27)21-12-11-19-23-24-20(29-19)22-18(25)13-15-5-7-16(28-2)8-6-15/h3-10,21H,11-13H2,1-2H3,(H,22,24,25). The molecule has 0 atom stereocenters. The first kappa shape index (κ1) is 21.9. The van der Waals surface area contributed by atoms with Gasteiger partial charge in [-0.2, -0.15) is 0 Å². The van der Waals surface area contributed by atoms with E-state index < -0.39 is 10.0 Å². The second-order valence-electron chi connectivity index (χ2n) is 6.53. The molecule has 10 heteroatoms. The summed E-state index contributed by atoms with van der Waals surface area (Å²) in [5.41, 5.74) is 1.84. The zero-order valence-electron chi connectivity index (χ0n) is 16.6. The van der Waals surface area contributed by atoms with Crippen molar-refractivity contribution in [2.45, 2.75) is 24.7 Å². The second-order valence-corrected chi connectivity index (χ2v) is 9.36. The summed E-state index contributed by atoms with van der Waals surface area (Å²) in [4.78, 5) is 12.4. The summed E-state index contributed by atoms with van der Waals surface area (Å²) < 4.78 is 32.2. The number of ether oxygens (including phenoxy) is 1. The van der Waals surface area contributed by atoms with Crippen molar-refractivity contribution in [2.75, 3.05) is 19.0 Å². The lowest BCUT2D eigenvalue weighted by Crippen LogP contribution is -2.25. The number of benzene rings is 2. The van der Waals surface area contributed by atoms with Crippen molar-refractivity contribution in [1.82, 2.24) is 14.9 Å². The molecule has 0 fully saturated rings. The van der Waals surface area contributed by atoms with Gasteiger partial charge in [-0.1, -0.05) is 41.2 Å². The van der Waals surface area contributed by atoms with Crippen LogP contribution in [0.2, 0.25) is 0 Å². The Balaban J connectivity index is 1.48. The van der Waals surface area contributed by atoms with E-state index in [0.717, 1.165) is 16.9 Å². The van der Waals surface area contributed by atoms with Gasteiger partial charge < -0.3 is 10.1 Å². The second kappa shape index (κ2) is 9.79. The number of rotatable bonds is 9. The molecule has 2 N–H and O–H groups in total. The molecule has 0 saturated carbocycles. The number of amides is 1. The van der Waals surface area contributed by atoms with Crippen molar-refractivity contribution in [3.05, 3.63) is 64.7 Å². The Labute approximate surface area is 179 Å². The first-order valence-electron chi connectivity index (χ1n) is 9.17. The van der Waals surface area contributed by atoms with Gasteiger partial charge >= 0.3 is 0 Å². The van der Waals surface area contributed by atoms with E-state index in [1.807, 2.05) is 19.1 Å². The van der Waals surface area contributed by atoms with Gasteiger partial charge in [-0.05, 0) is 36.8 Å². The molecular formula is C20H22N4O4S2. The lowest BCUT2D eigenvalue weighted by molar-refractivity contribution is -0.115. The minimum absolute atomic E-state index is 0.185. The van der Waals surface area contributed by atoms with Gasteiger partial charge in [-0.3, -0.25) is 4.79 Å². The molecule has 1 aromatic heterocycles. The zero-order valence-corrected chi connectivity index (χ0v) is 18.2. The van der Waals surface area contributed by atoms with Crippen LogP contribution in [-0.4, -0.2) is 38.2 Å². The highest BCUT2D eigenvalue weighted by atomic mass is 32.2. The Morgan fingerprint density at radius 2 is 1.77 bits per heavy atom. The maximum absolute atomic E-state index is 12.3. The highest BCUT2D eigenvalue weighted by Gasteiger charge is 2.14. The lowest BCUT2D eigenvalue weighted by Gasteiger charge is -2.05. The molecule has 0 aliphatic rings. The highest BCUT2D eigenvalue weighted by Crippen LogP contribution is 2.17. The van der Waals surface area contributed by atoms with Crippen molar-refractivity contribution in [3.8, 4) is 5.75 Å². The van der Waals surface area contributed by atoms with Gasteiger partial charge in [0.25, 0.3) is 0 Å². The third kappa shape index (κ3) is 6.09. The Morgan fingerprint density at radius 1 is 1.07 bits per heavy atom. The fraction of sp³-hybridized carbons (Fsp3) is 0.250. The number of nitrogens with one attached hydrogen (secondary N) is 2. The van der Waals surface area contributed by atoms with Gasteiger partial charge in [0, 0.05) is 13.0 Å². The number of aryl methyl sites for hydroxylation is 1. The third-order valence-corrected chi connectivity index (χ3v) is 6.57. The topological polar surface area (TPSA) is 110 Å². The third-order valence-electron chi connectivity index (χ3n) is 4.20. The quantitative estimate of drug-likeness (QED) is 0.523. The first-order chi connectivity index (χ1) is 14.4. The van der Waals surface area contributed by atoms with Gasteiger partial charge in [-0.15, -0.1) is 10.2 Å². The van der Waals surface area contributed by atoms with Crippen LogP contribution < -0.4 is 14.8 Å². The predicted octanol–water partition coefficient (Wildman–Crippen LogP) is 2.56. The summed E-state index contributed by atoms with van der Waals surface area (Å²) in [7, 11) is -1.99. The van der Waals surface area contributed by atoms with Crippen LogP contribution in [0.5, 0.6) is 5.75 Å². The molecule has 0 unspecified atom stereocenters. The van der Waals surface area contributed by atoms with Crippen LogP contribution in [0.1, 0.15) is 16.1 Å².